The normalized spacial score (nSPS) is 15.3. The summed E-state index contributed by atoms with van der Waals surface area (Å²) in [7, 11) is 0. The number of piperidine rings is 1. The van der Waals surface area contributed by atoms with E-state index in [0.29, 0.717) is 16.6 Å². The smallest absolute Gasteiger partial charge is 0.101 e. The molecule has 0 unspecified atom stereocenters. The van der Waals surface area contributed by atoms with Gasteiger partial charge < -0.3 is 10.2 Å². The van der Waals surface area contributed by atoms with Gasteiger partial charge in [0.25, 0.3) is 0 Å². The third-order valence-corrected chi connectivity index (χ3v) is 4.63. The van der Waals surface area contributed by atoms with Crippen molar-refractivity contribution in [2.75, 3.05) is 23.3 Å². The zero-order chi connectivity index (χ0) is 16.2. The van der Waals surface area contributed by atoms with Gasteiger partial charge in [-0.05, 0) is 55.7 Å². The number of hydrogen-bond donors (Lipinski definition) is 1. The molecule has 1 fully saturated rings. The quantitative estimate of drug-likeness (QED) is 0.896. The van der Waals surface area contributed by atoms with E-state index in [4.69, 9.17) is 16.9 Å². The minimum absolute atomic E-state index is 0.502. The molecule has 3 rings (SSSR count). The van der Waals surface area contributed by atoms with E-state index in [1.54, 1.807) is 6.07 Å². The predicted molar refractivity (Wildman–Crippen MR) is 96.2 cm³/mol. The van der Waals surface area contributed by atoms with Crippen LogP contribution in [0.25, 0.3) is 0 Å². The van der Waals surface area contributed by atoms with Gasteiger partial charge in [0.1, 0.15) is 6.07 Å². The molecule has 1 N–H and O–H groups in total. The topological polar surface area (TPSA) is 39.1 Å². The first-order chi connectivity index (χ1) is 11.2. The average Bonchev–Trinajstić information content (AvgIpc) is 2.55. The minimum Gasteiger partial charge on any atom is -0.382 e. The van der Waals surface area contributed by atoms with Crippen LogP contribution in [-0.2, 0) is 0 Å². The maximum atomic E-state index is 8.96. The number of nitrogens with one attached hydrogen (secondary N) is 1. The van der Waals surface area contributed by atoms with Gasteiger partial charge in [-0.1, -0.05) is 23.7 Å². The van der Waals surface area contributed by atoms with E-state index < -0.39 is 0 Å². The number of nitriles is 1. The first kappa shape index (κ1) is 15.7. The van der Waals surface area contributed by atoms with Crippen molar-refractivity contribution in [3.8, 4) is 6.07 Å². The Morgan fingerprint density at radius 1 is 1.17 bits per heavy atom. The molecule has 0 atom stereocenters. The number of anilines is 2. The molecule has 3 nitrogen and oxygen atoms in total. The fourth-order valence-corrected chi connectivity index (χ4v) is 3.26. The Kier molecular flexibility index (Phi) is 4.73. The van der Waals surface area contributed by atoms with E-state index in [1.807, 2.05) is 12.1 Å². The molecular formula is C19H20ClN3. The lowest BCUT2D eigenvalue weighted by atomic mass is 10.0. The van der Waals surface area contributed by atoms with Crippen molar-refractivity contribution in [2.45, 2.75) is 25.8 Å². The lowest BCUT2D eigenvalue weighted by Crippen LogP contribution is -2.39. The molecule has 0 aromatic heterocycles. The highest BCUT2D eigenvalue weighted by Crippen LogP contribution is 2.26. The second-order valence-electron chi connectivity index (χ2n) is 6.05. The average molecular weight is 326 g/mol. The molecule has 4 heteroatoms. The standard InChI is InChI=1S/C19H20ClN3/c1-14-3-2-4-17(11-14)22-16-7-9-23(10-8-16)18-6-5-15(13-21)19(20)12-18/h2-6,11-12,16,22H,7-10H2,1H3. The van der Waals surface area contributed by atoms with Crippen LogP contribution in [0.2, 0.25) is 5.02 Å². The van der Waals surface area contributed by atoms with Gasteiger partial charge in [-0.25, -0.2) is 0 Å². The number of nitrogens with zero attached hydrogens (tertiary/aromatic N) is 2. The van der Waals surface area contributed by atoms with Gasteiger partial charge in [0.15, 0.2) is 0 Å². The Morgan fingerprint density at radius 3 is 2.61 bits per heavy atom. The summed E-state index contributed by atoms with van der Waals surface area (Å²) in [5.74, 6) is 0. The number of rotatable bonds is 3. The molecule has 0 radical (unpaired) electrons. The summed E-state index contributed by atoms with van der Waals surface area (Å²) in [4.78, 5) is 2.33. The third kappa shape index (κ3) is 3.78. The minimum atomic E-state index is 0.502. The molecule has 2 aromatic carbocycles. The highest BCUT2D eigenvalue weighted by molar-refractivity contribution is 6.32. The number of benzene rings is 2. The Morgan fingerprint density at radius 2 is 1.96 bits per heavy atom. The molecule has 2 aromatic rings. The molecule has 1 heterocycles. The fraction of sp³-hybridized carbons (Fsp3) is 0.316. The lowest BCUT2D eigenvalue weighted by Gasteiger charge is -2.34. The molecule has 1 aliphatic heterocycles. The van der Waals surface area contributed by atoms with Crippen molar-refractivity contribution in [2.24, 2.45) is 0 Å². The summed E-state index contributed by atoms with van der Waals surface area (Å²) in [6.07, 6.45) is 2.18. The van der Waals surface area contributed by atoms with Crippen LogP contribution in [-0.4, -0.2) is 19.1 Å². The second-order valence-corrected chi connectivity index (χ2v) is 6.46. The predicted octanol–water partition coefficient (Wildman–Crippen LogP) is 4.60. The molecular weight excluding hydrogens is 306 g/mol. The first-order valence-electron chi connectivity index (χ1n) is 7.93. The van der Waals surface area contributed by atoms with Crippen molar-refractivity contribution in [1.29, 1.82) is 5.26 Å². The molecule has 0 spiro atoms. The summed E-state index contributed by atoms with van der Waals surface area (Å²) in [6.45, 7) is 4.10. The Hall–Kier alpha value is -2.18. The molecule has 118 valence electrons. The first-order valence-corrected chi connectivity index (χ1v) is 8.31. The van der Waals surface area contributed by atoms with Crippen molar-refractivity contribution in [3.05, 3.63) is 58.6 Å². The van der Waals surface area contributed by atoms with Crippen LogP contribution < -0.4 is 10.2 Å². The Labute approximate surface area is 142 Å². The fourth-order valence-electron chi connectivity index (χ4n) is 3.04. The molecule has 23 heavy (non-hydrogen) atoms. The number of halogens is 1. The van der Waals surface area contributed by atoms with Crippen molar-refractivity contribution < 1.29 is 0 Å². The van der Waals surface area contributed by atoms with E-state index in [9.17, 15) is 0 Å². The van der Waals surface area contributed by atoms with Gasteiger partial charge in [0, 0.05) is 30.5 Å². The zero-order valence-corrected chi connectivity index (χ0v) is 14.0. The SMILES string of the molecule is Cc1cccc(NC2CCN(c3ccc(C#N)c(Cl)c3)CC2)c1. The largest absolute Gasteiger partial charge is 0.382 e. The maximum absolute atomic E-state index is 8.96. The number of aryl methyl sites for hydroxylation is 1. The van der Waals surface area contributed by atoms with Crippen LogP contribution in [0.1, 0.15) is 24.0 Å². The van der Waals surface area contributed by atoms with Crippen LogP contribution >= 0.6 is 11.6 Å². The Balaban J connectivity index is 1.60. The van der Waals surface area contributed by atoms with E-state index in [2.05, 4.69) is 47.5 Å². The summed E-state index contributed by atoms with van der Waals surface area (Å²) < 4.78 is 0. The van der Waals surface area contributed by atoms with E-state index in [1.165, 1.54) is 11.3 Å². The van der Waals surface area contributed by atoms with Gasteiger partial charge >= 0.3 is 0 Å². The monoisotopic (exact) mass is 325 g/mol. The van der Waals surface area contributed by atoms with Gasteiger partial charge in [0.05, 0.1) is 10.6 Å². The molecule has 1 saturated heterocycles. The van der Waals surface area contributed by atoms with Crippen LogP contribution in [0.5, 0.6) is 0 Å². The zero-order valence-electron chi connectivity index (χ0n) is 13.2. The van der Waals surface area contributed by atoms with Gasteiger partial charge in [-0.2, -0.15) is 5.26 Å². The van der Waals surface area contributed by atoms with Crippen molar-refractivity contribution >= 4 is 23.0 Å². The van der Waals surface area contributed by atoms with Crippen LogP contribution in [0.4, 0.5) is 11.4 Å². The van der Waals surface area contributed by atoms with Gasteiger partial charge in [-0.15, -0.1) is 0 Å². The third-order valence-electron chi connectivity index (χ3n) is 4.32. The van der Waals surface area contributed by atoms with E-state index >= 15 is 0 Å². The summed E-state index contributed by atoms with van der Waals surface area (Å²) in [5, 5.41) is 13.1. The van der Waals surface area contributed by atoms with Gasteiger partial charge in [-0.3, -0.25) is 0 Å². The molecule has 0 saturated carbocycles. The number of hydrogen-bond acceptors (Lipinski definition) is 3. The second kappa shape index (κ2) is 6.93. The van der Waals surface area contributed by atoms with Crippen LogP contribution in [0, 0.1) is 18.3 Å². The molecule has 0 amide bonds. The highest BCUT2D eigenvalue weighted by Gasteiger charge is 2.19. The van der Waals surface area contributed by atoms with Crippen LogP contribution in [0.3, 0.4) is 0 Å². The van der Waals surface area contributed by atoms with Crippen LogP contribution in [0.15, 0.2) is 42.5 Å². The summed E-state index contributed by atoms with van der Waals surface area (Å²) in [5.41, 5.74) is 4.11. The van der Waals surface area contributed by atoms with E-state index in [0.717, 1.165) is 31.6 Å². The maximum Gasteiger partial charge on any atom is 0.101 e. The lowest BCUT2D eigenvalue weighted by molar-refractivity contribution is 0.527. The van der Waals surface area contributed by atoms with Crippen molar-refractivity contribution in [3.63, 3.8) is 0 Å². The Bertz CT molecular complexity index is 728. The molecule has 0 bridgehead atoms. The highest BCUT2D eigenvalue weighted by atomic mass is 35.5. The molecule has 0 aliphatic carbocycles. The van der Waals surface area contributed by atoms with E-state index in [-0.39, 0.29) is 0 Å². The summed E-state index contributed by atoms with van der Waals surface area (Å²) >= 11 is 6.14. The van der Waals surface area contributed by atoms with Gasteiger partial charge in [0.2, 0.25) is 0 Å². The van der Waals surface area contributed by atoms with Crippen molar-refractivity contribution in [1.82, 2.24) is 0 Å². The molecule has 1 aliphatic rings. The summed E-state index contributed by atoms with van der Waals surface area (Å²) in [6, 6.07) is 16.8.